The minimum Gasteiger partial charge on any atom is -0.493 e. The lowest BCUT2D eigenvalue weighted by atomic mass is 10.1. The van der Waals surface area contributed by atoms with Gasteiger partial charge in [-0.1, -0.05) is 12.2 Å². The van der Waals surface area contributed by atoms with Gasteiger partial charge in [0.2, 0.25) is 0 Å². The number of hydrogen-bond acceptors (Lipinski definition) is 4. The van der Waals surface area contributed by atoms with Crippen molar-refractivity contribution in [3.8, 4) is 11.5 Å². The second-order valence-electron chi connectivity index (χ2n) is 3.51. The summed E-state index contributed by atoms with van der Waals surface area (Å²) in [6, 6.07) is 3.11. The Morgan fingerprint density at radius 2 is 1.94 bits per heavy atom. The number of rotatable bonds is 6. The van der Waals surface area contributed by atoms with Crippen LogP contribution in [0.3, 0.4) is 0 Å². The van der Waals surface area contributed by atoms with Crippen LogP contribution < -0.4 is 9.47 Å². The summed E-state index contributed by atoms with van der Waals surface area (Å²) in [5.41, 5.74) is 0.769. The first-order chi connectivity index (χ1) is 8.63. The largest absolute Gasteiger partial charge is 0.493 e. The van der Waals surface area contributed by atoms with Gasteiger partial charge in [-0.3, -0.25) is 0 Å². The van der Waals surface area contributed by atoms with Crippen molar-refractivity contribution in [1.29, 1.82) is 0 Å². The molecule has 0 spiro atoms. The smallest absolute Gasteiger partial charge is 0.336 e. The number of carbonyl (C=O) groups is 1. The molecule has 0 aliphatic rings. The summed E-state index contributed by atoms with van der Waals surface area (Å²) in [6.07, 6.45) is 4.40. The summed E-state index contributed by atoms with van der Waals surface area (Å²) in [6.45, 7) is 0. The van der Waals surface area contributed by atoms with Gasteiger partial charge in [-0.2, -0.15) is 12.6 Å². The van der Waals surface area contributed by atoms with E-state index in [0.29, 0.717) is 22.8 Å². The van der Waals surface area contributed by atoms with Crippen LogP contribution in [0.5, 0.6) is 11.5 Å². The van der Waals surface area contributed by atoms with Crippen LogP contribution >= 0.6 is 12.6 Å². The van der Waals surface area contributed by atoms with Crippen LogP contribution in [0, 0.1) is 0 Å². The Kier molecular flexibility index (Phi) is 5.58. The van der Waals surface area contributed by atoms with E-state index in [9.17, 15) is 4.79 Å². The fourth-order valence-corrected chi connectivity index (χ4v) is 1.65. The van der Waals surface area contributed by atoms with Gasteiger partial charge in [0.1, 0.15) is 0 Å². The molecule has 0 amide bonds. The highest BCUT2D eigenvalue weighted by atomic mass is 32.1. The molecule has 0 fully saturated rings. The molecule has 1 rings (SSSR count). The lowest BCUT2D eigenvalue weighted by molar-refractivity contribution is 0.0696. The van der Waals surface area contributed by atoms with Crippen LogP contribution in [0.15, 0.2) is 18.2 Å². The Morgan fingerprint density at radius 3 is 2.44 bits per heavy atom. The lowest BCUT2D eigenvalue weighted by Crippen LogP contribution is -2.02. The number of carboxylic acids is 1. The Hall–Kier alpha value is -1.62. The molecule has 0 bridgehead atoms. The fraction of sp³-hybridized carbons (Fsp3) is 0.308. The third-order valence-electron chi connectivity index (χ3n) is 2.38. The summed E-state index contributed by atoms with van der Waals surface area (Å²) in [5.74, 6) is 0.627. The molecule has 0 saturated carbocycles. The summed E-state index contributed by atoms with van der Waals surface area (Å²) < 4.78 is 10.2. The molecule has 1 aromatic carbocycles. The summed E-state index contributed by atoms with van der Waals surface area (Å²) in [4.78, 5) is 11.2. The van der Waals surface area contributed by atoms with E-state index in [1.54, 1.807) is 12.1 Å². The van der Waals surface area contributed by atoms with Crippen molar-refractivity contribution in [3.63, 3.8) is 0 Å². The lowest BCUT2D eigenvalue weighted by Gasteiger charge is -2.10. The molecule has 0 unspecified atom stereocenters. The number of thiol groups is 1. The van der Waals surface area contributed by atoms with Crippen molar-refractivity contribution in [2.24, 2.45) is 0 Å². The SMILES string of the molecule is COc1cc(C=CCCS)c(C(=O)O)cc1OC. The number of methoxy groups -OCH3 is 2. The number of carboxylic acid groups (broad SMARTS) is 1. The monoisotopic (exact) mass is 268 g/mol. The second kappa shape index (κ2) is 6.96. The maximum absolute atomic E-state index is 11.2. The van der Waals surface area contributed by atoms with Crippen molar-refractivity contribution in [1.82, 2.24) is 0 Å². The highest BCUT2D eigenvalue weighted by Crippen LogP contribution is 2.31. The van der Waals surface area contributed by atoms with Crippen LogP contribution in [-0.4, -0.2) is 31.0 Å². The van der Waals surface area contributed by atoms with E-state index in [0.717, 1.165) is 6.42 Å². The first-order valence-corrected chi connectivity index (χ1v) is 6.04. The van der Waals surface area contributed by atoms with Gasteiger partial charge >= 0.3 is 5.97 Å². The first kappa shape index (κ1) is 14.4. The minimum atomic E-state index is -0.999. The zero-order chi connectivity index (χ0) is 13.5. The van der Waals surface area contributed by atoms with E-state index in [2.05, 4.69) is 12.6 Å². The topological polar surface area (TPSA) is 55.8 Å². The molecule has 0 radical (unpaired) electrons. The van der Waals surface area contributed by atoms with Crippen LogP contribution in [-0.2, 0) is 0 Å². The number of ether oxygens (including phenoxy) is 2. The average molecular weight is 268 g/mol. The molecule has 0 saturated heterocycles. The third kappa shape index (κ3) is 3.43. The van der Waals surface area contributed by atoms with E-state index in [-0.39, 0.29) is 5.56 Å². The maximum Gasteiger partial charge on any atom is 0.336 e. The van der Waals surface area contributed by atoms with Gasteiger partial charge < -0.3 is 14.6 Å². The first-order valence-electron chi connectivity index (χ1n) is 5.40. The van der Waals surface area contributed by atoms with Gasteiger partial charge in [0.15, 0.2) is 11.5 Å². The Morgan fingerprint density at radius 1 is 1.33 bits per heavy atom. The van der Waals surface area contributed by atoms with Crippen LogP contribution in [0.2, 0.25) is 0 Å². The standard InChI is InChI=1S/C13H16O4S/c1-16-11-7-9(5-3-4-6-18)10(13(14)15)8-12(11)17-2/h3,5,7-8,18H,4,6H2,1-2H3,(H,14,15). The Balaban J connectivity index is 3.24. The van der Waals surface area contributed by atoms with Crippen LogP contribution in [0.1, 0.15) is 22.3 Å². The molecule has 1 aromatic rings. The summed E-state index contributed by atoms with van der Waals surface area (Å²) >= 11 is 4.09. The van der Waals surface area contributed by atoms with Crippen molar-refractivity contribution in [2.45, 2.75) is 6.42 Å². The molecule has 4 nitrogen and oxygen atoms in total. The van der Waals surface area contributed by atoms with E-state index in [1.165, 1.54) is 20.3 Å². The molecule has 0 aliphatic carbocycles. The molecule has 0 heterocycles. The average Bonchev–Trinajstić information content (AvgIpc) is 2.38. The zero-order valence-corrected chi connectivity index (χ0v) is 11.2. The molecular formula is C13H16O4S. The molecule has 0 aromatic heterocycles. The quantitative estimate of drug-likeness (QED) is 0.779. The van der Waals surface area contributed by atoms with Gasteiger partial charge in [-0.05, 0) is 29.9 Å². The number of benzene rings is 1. The molecule has 18 heavy (non-hydrogen) atoms. The normalized spacial score (nSPS) is 10.6. The second-order valence-corrected chi connectivity index (χ2v) is 3.96. The third-order valence-corrected chi connectivity index (χ3v) is 2.64. The molecule has 0 aliphatic heterocycles. The van der Waals surface area contributed by atoms with Crippen molar-refractivity contribution in [2.75, 3.05) is 20.0 Å². The van der Waals surface area contributed by atoms with Crippen molar-refractivity contribution < 1.29 is 19.4 Å². The van der Waals surface area contributed by atoms with Gasteiger partial charge in [0.25, 0.3) is 0 Å². The van der Waals surface area contributed by atoms with Crippen LogP contribution in [0.4, 0.5) is 0 Å². The predicted octanol–water partition coefficient (Wildman–Crippen LogP) is 2.74. The highest BCUT2D eigenvalue weighted by Gasteiger charge is 2.14. The predicted molar refractivity (Wildman–Crippen MR) is 74.0 cm³/mol. The zero-order valence-electron chi connectivity index (χ0n) is 10.3. The molecule has 0 atom stereocenters. The van der Waals surface area contributed by atoms with Gasteiger partial charge in [0.05, 0.1) is 19.8 Å². The minimum absolute atomic E-state index is 0.183. The van der Waals surface area contributed by atoms with Crippen LogP contribution in [0.25, 0.3) is 6.08 Å². The van der Waals surface area contributed by atoms with Gasteiger partial charge in [0, 0.05) is 0 Å². The van der Waals surface area contributed by atoms with E-state index < -0.39 is 5.97 Å². The Bertz CT molecular complexity index is 455. The van der Waals surface area contributed by atoms with Crippen molar-refractivity contribution in [3.05, 3.63) is 29.3 Å². The van der Waals surface area contributed by atoms with E-state index in [1.807, 2.05) is 6.08 Å². The Labute approximate surface area is 112 Å². The molecule has 5 heteroatoms. The number of aromatic carboxylic acids is 1. The van der Waals surface area contributed by atoms with E-state index in [4.69, 9.17) is 14.6 Å². The molecule has 1 N–H and O–H groups in total. The maximum atomic E-state index is 11.2. The van der Waals surface area contributed by atoms with Crippen molar-refractivity contribution >= 4 is 24.7 Å². The molecular weight excluding hydrogens is 252 g/mol. The summed E-state index contributed by atoms with van der Waals surface area (Å²) in [7, 11) is 2.99. The van der Waals surface area contributed by atoms with Gasteiger partial charge in [-0.15, -0.1) is 0 Å². The molecule has 98 valence electrons. The fourth-order valence-electron chi connectivity index (χ4n) is 1.50. The summed E-state index contributed by atoms with van der Waals surface area (Å²) in [5, 5.41) is 9.16. The number of allylic oxidation sites excluding steroid dienone is 1. The number of hydrogen-bond donors (Lipinski definition) is 2. The van der Waals surface area contributed by atoms with Gasteiger partial charge in [-0.25, -0.2) is 4.79 Å². The highest BCUT2D eigenvalue weighted by molar-refractivity contribution is 7.80. The van der Waals surface area contributed by atoms with E-state index >= 15 is 0 Å².